The highest BCUT2D eigenvalue weighted by molar-refractivity contribution is 6.39. The summed E-state index contributed by atoms with van der Waals surface area (Å²) in [4.78, 5) is 38.4. The van der Waals surface area contributed by atoms with E-state index in [2.05, 4.69) is 20.9 Å². The zero-order chi connectivity index (χ0) is 22.4. The molecule has 0 bridgehead atoms. The molecular weight excluding hydrogens is 416 g/mol. The number of carbonyl (C=O) groups excluding carboxylic acids is 3. The molecule has 3 N–H and O–H groups in total. The van der Waals surface area contributed by atoms with E-state index < -0.39 is 11.8 Å². The second-order valence-electron chi connectivity index (χ2n) is 7.76. The summed E-state index contributed by atoms with van der Waals surface area (Å²) in [5.74, 6) is -1.57. The number of carbonyl (C=O) groups is 3. The third-order valence-electron chi connectivity index (χ3n) is 5.34. The molecule has 31 heavy (non-hydrogen) atoms. The Kier molecular flexibility index (Phi) is 7.65. The third kappa shape index (κ3) is 6.54. The SMILES string of the molecule is CC(=O)Nc1cccc(NC(=O)C(=O)NC2CCN(Cc3ccc(Cl)cc3)CC2)c1C. The molecule has 0 radical (unpaired) electrons. The molecule has 1 fully saturated rings. The molecule has 164 valence electrons. The fraction of sp³-hybridized carbons (Fsp3) is 0.348. The van der Waals surface area contributed by atoms with E-state index in [4.69, 9.17) is 11.6 Å². The molecule has 0 atom stereocenters. The monoisotopic (exact) mass is 442 g/mol. The van der Waals surface area contributed by atoms with Gasteiger partial charge in [0, 0.05) is 49.0 Å². The minimum atomic E-state index is -0.716. The van der Waals surface area contributed by atoms with Gasteiger partial charge in [-0.05, 0) is 55.2 Å². The summed E-state index contributed by atoms with van der Waals surface area (Å²) in [6.45, 7) is 5.70. The van der Waals surface area contributed by atoms with Crippen LogP contribution in [0.4, 0.5) is 11.4 Å². The van der Waals surface area contributed by atoms with Crippen LogP contribution < -0.4 is 16.0 Å². The molecule has 0 spiro atoms. The van der Waals surface area contributed by atoms with E-state index >= 15 is 0 Å². The fourth-order valence-corrected chi connectivity index (χ4v) is 3.74. The normalized spacial score (nSPS) is 14.7. The van der Waals surface area contributed by atoms with Crippen molar-refractivity contribution in [1.29, 1.82) is 0 Å². The molecule has 3 amide bonds. The Hall–Kier alpha value is -2.90. The first kappa shape index (κ1) is 22.8. The molecule has 1 aliphatic heterocycles. The van der Waals surface area contributed by atoms with E-state index in [1.54, 1.807) is 25.1 Å². The van der Waals surface area contributed by atoms with Gasteiger partial charge < -0.3 is 16.0 Å². The van der Waals surface area contributed by atoms with Crippen LogP contribution in [0, 0.1) is 6.92 Å². The summed E-state index contributed by atoms with van der Waals surface area (Å²) >= 11 is 5.93. The van der Waals surface area contributed by atoms with Crippen molar-refractivity contribution < 1.29 is 14.4 Å². The number of amides is 3. The number of piperidine rings is 1. The number of nitrogens with zero attached hydrogens (tertiary/aromatic N) is 1. The predicted molar refractivity (Wildman–Crippen MR) is 122 cm³/mol. The average Bonchev–Trinajstić information content (AvgIpc) is 2.73. The lowest BCUT2D eigenvalue weighted by atomic mass is 10.0. The zero-order valence-corrected chi connectivity index (χ0v) is 18.5. The van der Waals surface area contributed by atoms with Gasteiger partial charge >= 0.3 is 11.8 Å². The van der Waals surface area contributed by atoms with E-state index in [9.17, 15) is 14.4 Å². The Labute approximate surface area is 187 Å². The van der Waals surface area contributed by atoms with Gasteiger partial charge in [-0.25, -0.2) is 0 Å². The van der Waals surface area contributed by atoms with Crippen LogP contribution in [0.1, 0.15) is 30.9 Å². The van der Waals surface area contributed by atoms with Gasteiger partial charge in [0.1, 0.15) is 0 Å². The molecule has 2 aromatic rings. The minimum absolute atomic E-state index is 0.0356. The first-order valence-electron chi connectivity index (χ1n) is 10.3. The van der Waals surface area contributed by atoms with Crippen molar-refractivity contribution in [2.45, 2.75) is 39.3 Å². The summed E-state index contributed by atoms with van der Waals surface area (Å²) in [7, 11) is 0. The number of benzene rings is 2. The standard InChI is InChI=1S/C23H27ClN4O3/c1-15-20(25-16(2)29)4-3-5-21(15)27-23(31)22(30)26-19-10-12-28(13-11-19)14-17-6-8-18(24)9-7-17/h3-9,19H,10-14H2,1-2H3,(H,25,29)(H,26,30)(H,27,31). The lowest BCUT2D eigenvalue weighted by Gasteiger charge is -2.32. The van der Waals surface area contributed by atoms with Crippen molar-refractivity contribution in [2.24, 2.45) is 0 Å². The Balaban J connectivity index is 1.48. The van der Waals surface area contributed by atoms with E-state index in [-0.39, 0.29) is 11.9 Å². The van der Waals surface area contributed by atoms with Crippen molar-refractivity contribution in [3.63, 3.8) is 0 Å². The van der Waals surface area contributed by atoms with Gasteiger partial charge in [0.15, 0.2) is 0 Å². The Bertz CT molecular complexity index is 954. The molecule has 1 aliphatic rings. The lowest BCUT2D eigenvalue weighted by molar-refractivity contribution is -0.136. The van der Waals surface area contributed by atoms with Gasteiger partial charge in [0.2, 0.25) is 5.91 Å². The van der Waals surface area contributed by atoms with Gasteiger partial charge in [-0.15, -0.1) is 0 Å². The van der Waals surface area contributed by atoms with Gasteiger partial charge in [0.25, 0.3) is 0 Å². The van der Waals surface area contributed by atoms with Crippen LogP contribution in [-0.4, -0.2) is 41.8 Å². The zero-order valence-electron chi connectivity index (χ0n) is 17.7. The van der Waals surface area contributed by atoms with Gasteiger partial charge in [0.05, 0.1) is 0 Å². The topological polar surface area (TPSA) is 90.5 Å². The maximum atomic E-state index is 12.4. The molecule has 0 unspecified atom stereocenters. The fourth-order valence-electron chi connectivity index (χ4n) is 3.61. The maximum Gasteiger partial charge on any atom is 0.313 e. The second-order valence-corrected chi connectivity index (χ2v) is 8.20. The molecule has 0 aliphatic carbocycles. The molecule has 1 heterocycles. The van der Waals surface area contributed by atoms with Gasteiger partial charge in [-0.2, -0.15) is 0 Å². The molecular formula is C23H27ClN4O3. The summed E-state index contributed by atoms with van der Waals surface area (Å²) < 4.78 is 0. The summed E-state index contributed by atoms with van der Waals surface area (Å²) in [6, 6.07) is 12.9. The summed E-state index contributed by atoms with van der Waals surface area (Å²) in [5, 5.41) is 8.89. The van der Waals surface area contributed by atoms with E-state index in [1.165, 1.54) is 12.5 Å². The number of hydrogen-bond donors (Lipinski definition) is 3. The van der Waals surface area contributed by atoms with Crippen molar-refractivity contribution in [3.05, 3.63) is 58.6 Å². The highest BCUT2D eigenvalue weighted by Crippen LogP contribution is 2.23. The number of halogens is 1. The van der Waals surface area contributed by atoms with Crippen molar-refractivity contribution in [1.82, 2.24) is 10.2 Å². The number of anilines is 2. The number of rotatable bonds is 5. The number of nitrogens with one attached hydrogen (secondary N) is 3. The van der Waals surface area contributed by atoms with Crippen LogP contribution in [0.5, 0.6) is 0 Å². The molecule has 0 aromatic heterocycles. The van der Waals surface area contributed by atoms with Crippen LogP contribution in [0.25, 0.3) is 0 Å². The first-order chi connectivity index (χ1) is 14.8. The lowest BCUT2D eigenvalue weighted by Crippen LogP contribution is -2.47. The quantitative estimate of drug-likeness (QED) is 0.619. The van der Waals surface area contributed by atoms with E-state index in [1.807, 2.05) is 24.3 Å². The molecule has 8 heteroatoms. The number of hydrogen-bond acceptors (Lipinski definition) is 4. The van der Waals surface area contributed by atoms with Crippen LogP contribution >= 0.6 is 11.6 Å². The predicted octanol–water partition coefficient (Wildman–Crippen LogP) is 3.33. The van der Waals surface area contributed by atoms with Crippen molar-refractivity contribution >= 4 is 40.7 Å². The van der Waals surface area contributed by atoms with Gasteiger partial charge in [-0.3, -0.25) is 19.3 Å². The Morgan fingerprint density at radius 3 is 2.19 bits per heavy atom. The summed E-state index contributed by atoms with van der Waals surface area (Å²) in [5.41, 5.74) is 2.97. The van der Waals surface area contributed by atoms with Crippen LogP contribution in [0.3, 0.4) is 0 Å². The van der Waals surface area contributed by atoms with E-state index in [0.717, 1.165) is 37.5 Å². The summed E-state index contributed by atoms with van der Waals surface area (Å²) in [6.07, 6.45) is 1.56. The Morgan fingerprint density at radius 1 is 0.968 bits per heavy atom. The van der Waals surface area contributed by atoms with Crippen LogP contribution in [0.2, 0.25) is 5.02 Å². The smallest absolute Gasteiger partial charge is 0.313 e. The molecule has 3 rings (SSSR count). The van der Waals surface area contributed by atoms with Crippen LogP contribution in [0.15, 0.2) is 42.5 Å². The number of likely N-dealkylation sites (tertiary alicyclic amines) is 1. The second kappa shape index (κ2) is 10.4. The minimum Gasteiger partial charge on any atom is -0.345 e. The molecule has 0 saturated carbocycles. The van der Waals surface area contributed by atoms with Crippen LogP contribution in [-0.2, 0) is 20.9 Å². The molecule has 7 nitrogen and oxygen atoms in total. The third-order valence-corrected chi connectivity index (χ3v) is 5.59. The van der Waals surface area contributed by atoms with Crippen molar-refractivity contribution in [2.75, 3.05) is 23.7 Å². The van der Waals surface area contributed by atoms with E-state index in [0.29, 0.717) is 16.9 Å². The Morgan fingerprint density at radius 2 is 1.58 bits per heavy atom. The van der Waals surface area contributed by atoms with Gasteiger partial charge in [-0.1, -0.05) is 29.8 Å². The first-order valence-corrected chi connectivity index (χ1v) is 10.7. The maximum absolute atomic E-state index is 12.4. The molecule has 2 aromatic carbocycles. The average molecular weight is 443 g/mol. The highest BCUT2D eigenvalue weighted by Gasteiger charge is 2.24. The highest BCUT2D eigenvalue weighted by atomic mass is 35.5. The largest absolute Gasteiger partial charge is 0.345 e. The molecule has 1 saturated heterocycles. The van der Waals surface area contributed by atoms with Crippen molar-refractivity contribution in [3.8, 4) is 0 Å².